The molecule has 2 rings (SSSR count). The Bertz CT molecular complexity index is 1220. The van der Waals surface area contributed by atoms with Crippen molar-refractivity contribution in [1.82, 2.24) is 20.9 Å². The number of para-hydroxylation sites is 1. The van der Waals surface area contributed by atoms with Crippen LogP contribution in [0.5, 0.6) is 0 Å². The van der Waals surface area contributed by atoms with Gasteiger partial charge >= 0.3 is 0 Å². The van der Waals surface area contributed by atoms with Crippen molar-refractivity contribution in [3.8, 4) is 0 Å². The van der Waals surface area contributed by atoms with Gasteiger partial charge in [0.2, 0.25) is 23.5 Å². The molecule has 1 heterocycles. The Balaban J connectivity index is 2.19. The molecule has 15 heteroatoms. The number of aromatic nitrogens is 1. The molecule has 14 nitrogen and oxygen atoms in total. The molecule has 1 aromatic heterocycles. The first-order valence-corrected chi connectivity index (χ1v) is 14.2. The number of hydrogen-bond acceptors (Lipinski definition) is 8. The van der Waals surface area contributed by atoms with E-state index in [1.807, 2.05) is 31.2 Å². The van der Waals surface area contributed by atoms with Gasteiger partial charge in [-0.1, -0.05) is 25.5 Å². The summed E-state index contributed by atoms with van der Waals surface area (Å²) in [4.78, 5) is 64.0. The van der Waals surface area contributed by atoms with Gasteiger partial charge in [-0.05, 0) is 44.2 Å². The van der Waals surface area contributed by atoms with E-state index in [1.165, 1.54) is 18.3 Å². The minimum absolute atomic E-state index is 0.0687. The number of rotatable bonds is 17. The van der Waals surface area contributed by atoms with Crippen LogP contribution in [-0.2, 0) is 14.4 Å². The zero-order valence-electron chi connectivity index (χ0n) is 23.4. The van der Waals surface area contributed by atoms with Crippen molar-refractivity contribution in [2.75, 3.05) is 13.1 Å². The smallest absolute Gasteiger partial charge is 0.243 e. The summed E-state index contributed by atoms with van der Waals surface area (Å²) < 4.78 is 0.849. The van der Waals surface area contributed by atoms with Crippen LogP contribution >= 0.6 is 11.3 Å². The topological polar surface area (TPSA) is 246 Å². The van der Waals surface area contributed by atoms with Crippen LogP contribution in [0, 0.1) is 0 Å². The van der Waals surface area contributed by atoms with Crippen molar-refractivity contribution in [1.29, 1.82) is 0 Å². The van der Waals surface area contributed by atoms with Gasteiger partial charge in [-0.2, -0.15) is 0 Å². The summed E-state index contributed by atoms with van der Waals surface area (Å²) in [5.41, 5.74) is 22.2. The predicted octanol–water partition coefficient (Wildman–Crippen LogP) is -0.139. The van der Waals surface area contributed by atoms with Gasteiger partial charge in [-0.3, -0.25) is 29.2 Å². The Morgan fingerprint density at radius 3 is 1.90 bits per heavy atom. The number of carbonyl (C=O) groups is 4. The third-order valence-electron chi connectivity index (χ3n) is 5.93. The van der Waals surface area contributed by atoms with Crippen molar-refractivity contribution in [3.63, 3.8) is 0 Å². The van der Waals surface area contributed by atoms with E-state index in [2.05, 4.69) is 30.9 Å². The molecule has 0 aliphatic heterocycles. The summed E-state index contributed by atoms with van der Waals surface area (Å²) in [6.45, 7) is 3.72. The normalized spacial score (nSPS) is 12.9. The fraction of sp³-hybridized carbons (Fsp3) is 0.500. The van der Waals surface area contributed by atoms with Gasteiger partial charge in [0.15, 0.2) is 16.9 Å². The maximum absolute atomic E-state index is 13.5. The average molecular weight is 589 g/mol. The number of nitrogens with one attached hydrogen (secondary N) is 3. The number of nitrogens with two attached hydrogens (primary N) is 4. The number of nitrogens with zero attached hydrogens (tertiary/aromatic N) is 3. The SMILES string of the molecule is CCC[C@H](NC(=O)[C@@H](CCCN=C(N)N)NC(C)=O)C(=O)N[C@@H](CCCN=C(N)N)C(=O)c1nc2ccccc2s1. The highest BCUT2D eigenvalue weighted by atomic mass is 32.1. The highest BCUT2D eigenvalue weighted by Crippen LogP contribution is 2.23. The van der Waals surface area contributed by atoms with E-state index in [0.717, 1.165) is 4.70 Å². The van der Waals surface area contributed by atoms with Crippen LogP contribution in [0.4, 0.5) is 0 Å². The molecular formula is C26H40N10O4S. The highest BCUT2D eigenvalue weighted by Gasteiger charge is 2.30. The Hall–Kier alpha value is -4.27. The summed E-state index contributed by atoms with van der Waals surface area (Å²) in [5, 5.41) is 8.40. The highest BCUT2D eigenvalue weighted by molar-refractivity contribution is 7.20. The summed E-state index contributed by atoms with van der Waals surface area (Å²) in [6.07, 6.45) is 2.25. The van der Waals surface area contributed by atoms with Gasteiger partial charge in [-0.15, -0.1) is 11.3 Å². The van der Waals surface area contributed by atoms with Gasteiger partial charge in [0, 0.05) is 20.0 Å². The van der Waals surface area contributed by atoms with Crippen LogP contribution in [0.1, 0.15) is 62.2 Å². The molecule has 11 N–H and O–H groups in total. The molecule has 224 valence electrons. The average Bonchev–Trinajstić information content (AvgIpc) is 3.35. The number of fused-ring (bicyclic) bond motifs is 1. The molecule has 1 aromatic carbocycles. The van der Waals surface area contributed by atoms with Crippen molar-refractivity contribution >= 4 is 57.0 Å². The first-order valence-electron chi connectivity index (χ1n) is 13.4. The number of benzene rings is 1. The lowest BCUT2D eigenvalue weighted by molar-refractivity contribution is -0.132. The number of thiazole rings is 1. The predicted molar refractivity (Wildman–Crippen MR) is 160 cm³/mol. The lowest BCUT2D eigenvalue weighted by Crippen LogP contribution is -2.55. The molecule has 0 fully saturated rings. The van der Waals surface area contributed by atoms with E-state index < -0.39 is 35.8 Å². The van der Waals surface area contributed by atoms with E-state index >= 15 is 0 Å². The van der Waals surface area contributed by atoms with Crippen LogP contribution in [0.2, 0.25) is 0 Å². The summed E-state index contributed by atoms with van der Waals surface area (Å²) in [6, 6.07) is 4.61. The van der Waals surface area contributed by atoms with Gasteiger partial charge < -0.3 is 38.9 Å². The first kappa shape index (κ1) is 32.9. The van der Waals surface area contributed by atoms with Crippen molar-refractivity contribution in [3.05, 3.63) is 29.3 Å². The fourth-order valence-electron chi connectivity index (χ4n) is 4.02. The maximum atomic E-state index is 13.5. The van der Waals surface area contributed by atoms with E-state index in [-0.39, 0.29) is 48.6 Å². The zero-order chi connectivity index (χ0) is 30.4. The van der Waals surface area contributed by atoms with Crippen LogP contribution < -0.4 is 38.9 Å². The summed E-state index contributed by atoms with van der Waals surface area (Å²) >= 11 is 1.24. The molecule has 0 saturated heterocycles. The zero-order valence-corrected chi connectivity index (χ0v) is 24.2. The minimum atomic E-state index is -0.940. The summed E-state index contributed by atoms with van der Waals surface area (Å²) in [5.74, 6) is -1.93. The molecule has 0 unspecified atom stereocenters. The van der Waals surface area contributed by atoms with E-state index in [9.17, 15) is 19.2 Å². The van der Waals surface area contributed by atoms with Crippen molar-refractivity contribution in [2.45, 2.75) is 70.5 Å². The van der Waals surface area contributed by atoms with Gasteiger partial charge in [0.25, 0.3) is 0 Å². The molecule has 0 aliphatic carbocycles. The number of hydrogen-bond donors (Lipinski definition) is 7. The standard InChI is InChI=1S/C26H40N10O4S/c1-3-8-18(35-23(40)19(33-15(2)37)11-7-14-32-26(29)30)22(39)34-17(10-6-13-31-25(27)28)21(38)24-36-16-9-4-5-12-20(16)41-24/h4-5,9,12,17-19H,3,6-8,10-11,13-14H2,1-2H3,(H,33,37)(H,34,39)(H,35,40)(H4,27,28,31)(H4,29,30,32)/t17-,18-,19+/m0/s1. The van der Waals surface area contributed by atoms with Gasteiger partial charge in [0.05, 0.1) is 16.3 Å². The van der Waals surface area contributed by atoms with Crippen molar-refractivity contribution in [2.24, 2.45) is 32.9 Å². The molecule has 0 saturated carbocycles. The van der Waals surface area contributed by atoms with E-state index in [1.54, 1.807) is 0 Å². The van der Waals surface area contributed by atoms with Gasteiger partial charge in [-0.25, -0.2) is 4.98 Å². The number of Topliss-reactive ketones (excluding diaryl/α,β-unsaturated/α-hetero) is 1. The quantitative estimate of drug-likeness (QED) is 0.0561. The lowest BCUT2D eigenvalue weighted by Gasteiger charge is -2.24. The number of carbonyl (C=O) groups excluding carboxylic acids is 4. The molecule has 3 amide bonds. The Morgan fingerprint density at radius 1 is 0.829 bits per heavy atom. The number of ketones is 1. The second kappa shape index (κ2) is 16.7. The van der Waals surface area contributed by atoms with Crippen LogP contribution in [0.3, 0.4) is 0 Å². The van der Waals surface area contributed by atoms with Crippen molar-refractivity contribution < 1.29 is 19.2 Å². The monoisotopic (exact) mass is 588 g/mol. The Morgan fingerprint density at radius 2 is 1.37 bits per heavy atom. The first-order chi connectivity index (χ1) is 19.5. The molecule has 2 aromatic rings. The molecule has 0 spiro atoms. The molecular weight excluding hydrogens is 548 g/mol. The second-order valence-corrected chi connectivity index (χ2v) is 10.4. The molecule has 41 heavy (non-hydrogen) atoms. The Labute approximate surface area is 242 Å². The summed E-state index contributed by atoms with van der Waals surface area (Å²) in [7, 11) is 0. The third-order valence-corrected chi connectivity index (χ3v) is 6.98. The fourth-order valence-corrected chi connectivity index (χ4v) is 4.98. The van der Waals surface area contributed by atoms with Crippen LogP contribution in [-0.4, -0.2) is 71.6 Å². The van der Waals surface area contributed by atoms with E-state index in [4.69, 9.17) is 22.9 Å². The largest absolute Gasteiger partial charge is 0.370 e. The molecule has 0 radical (unpaired) electrons. The Kier molecular flexibility index (Phi) is 13.5. The molecule has 0 aliphatic rings. The second-order valence-electron chi connectivity index (χ2n) is 9.41. The molecule has 0 bridgehead atoms. The van der Waals surface area contributed by atoms with Gasteiger partial charge in [0.1, 0.15) is 12.1 Å². The third kappa shape index (κ3) is 11.4. The minimum Gasteiger partial charge on any atom is -0.370 e. The van der Waals surface area contributed by atoms with E-state index in [0.29, 0.717) is 31.2 Å². The number of guanidine groups is 2. The number of amides is 3. The van der Waals surface area contributed by atoms with Crippen LogP contribution in [0.15, 0.2) is 34.3 Å². The number of aliphatic imine (C=N–C) groups is 2. The molecule has 3 atom stereocenters. The lowest BCUT2D eigenvalue weighted by atomic mass is 10.0. The maximum Gasteiger partial charge on any atom is 0.243 e. The van der Waals surface area contributed by atoms with Crippen LogP contribution in [0.25, 0.3) is 10.2 Å².